The molecule has 3 aromatic rings. The summed E-state index contributed by atoms with van der Waals surface area (Å²) in [4.78, 5) is 12.5. The average molecular weight is 349 g/mol. The molecular formula is C21H23N3O2. The van der Waals surface area contributed by atoms with Gasteiger partial charge in [0.1, 0.15) is 12.4 Å². The fourth-order valence-electron chi connectivity index (χ4n) is 2.64. The molecule has 0 unspecified atom stereocenters. The third-order valence-electron chi connectivity index (χ3n) is 4.41. The molecule has 134 valence electrons. The monoisotopic (exact) mass is 349 g/mol. The molecule has 1 heterocycles. The Balaban J connectivity index is 1.70. The number of carbonyl (C=O) groups is 1. The molecule has 5 heteroatoms. The van der Waals surface area contributed by atoms with E-state index < -0.39 is 0 Å². The van der Waals surface area contributed by atoms with Gasteiger partial charge in [-0.1, -0.05) is 24.3 Å². The number of benzene rings is 2. The van der Waals surface area contributed by atoms with Crippen molar-refractivity contribution < 1.29 is 9.53 Å². The van der Waals surface area contributed by atoms with Crippen LogP contribution in [0.5, 0.6) is 5.75 Å². The van der Waals surface area contributed by atoms with Crippen molar-refractivity contribution >= 4 is 11.6 Å². The van der Waals surface area contributed by atoms with Gasteiger partial charge in [-0.05, 0) is 55.7 Å². The molecule has 0 saturated carbocycles. The number of nitrogens with zero attached hydrogens (tertiary/aromatic N) is 2. The van der Waals surface area contributed by atoms with Crippen LogP contribution in [0.3, 0.4) is 0 Å². The van der Waals surface area contributed by atoms with Crippen molar-refractivity contribution in [1.82, 2.24) is 9.78 Å². The normalized spacial score (nSPS) is 10.6. The fourth-order valence-corrected chi connectivity index (χ4v) is 2.64. The minimum atomic E-state index is -0.158. The number of anilines is 1. The molecule has 0 fully saturated rings. The van der Waals surface area contributed by atoms with Gasteiger partial charge in [0.2, 0.25) is 0 Å². The zero-order valence-corrected chi connectivity index (χ0v) is 15.5. The Hall–Kier alpha value is -3.08. The maximum Gasteiger partial charge on any atom is 0.255 e. The first-order chi connectivity index (χ1) is 12.4. The summed E-state index contributed by atoms with van der Waals surface area (Å²) < 4.78 is 7.66. The third-order valence-corrected chi connectivity index (χ3v) is 4.41. The van der Waals surface area contributed by atoms with Crippen LogP contribution >= 0.6 is 0 Å². The summed E-state index contributed by atoms with van der Waals surface area (Å²) in [6.07, 6.45) is 1.65. The van der Waals surface area contributed by atoms with Gasteiger partial charge in [-0.25, -0.2) is 0 Å². The highest BCUT2D eigenvalue weighted by Crippen LogP contribution is 2.21. The second-order valence-electron chi connectivity index (χ2n) is 6.48. The Morgan fingerprint density at radius 3 is 2.69 bits per heavy atom. The molecule has 2 aromatic carbocycles. The van der Waals surface area contributed by atoms with E-state index in [1.807, 2.05) is 58.2 Å². The molecule has 0 aliphatic carbocycles. The van der Waals surface area contributed by atoms with E-state index in [4.69, 9.17) is 4.74 Å². The highest BCUT2D eigenvalue weighted by molar-refractivity contribution is 6.04. The number of rotatable bonds is 5. The van der Waals surface area contributed by atoms with Crippen molar-refractivity contribution in [3.05, 3.63) is 76.6 Å². The highest BCUT2D eigenvalue weighted by Gasteiger charge is 2.11. The zero-order chi connectivity index (χ0) is 18.7. The summed E-state index contributed by atoms with van der Waals surface area (Å²) in [5.74, 6) is 0.709. The van der Waals surface area contributed by atoms with E-state index >= 15 is 0 Å². The number of ether oxygens (including phenoxy) is 1. The van der Waals surface area contributed by atoms with Gasteiger partial charge in [-0.2, -0.15) is 5.10 Å². The van der Waals surface area contributed by atoms with Crippen LogP contribution in [0.25, 0.3) is 0 Å². The minimum Gasteiger partial charge on any atom is -0.489 e. The van der Waals surface area contributed by atoms with Crippen molar-refractivity contribution in [2.24, 2.45) is 7.05 Å². The Morgan fingerprint density at radius 1 is 1.15 bits per heavy atom. The van der Waals surface area contributed by atoms with Crippen molar-refractivity contribution in [1.29, 1.82) is 0 Å². The largest absolute Gasteiger partial charge is 0.489 e. The lowest BCUT2D eigenvalue weighted by molar-refractivity contribution is 0.102. The van der Waals surface area contributed by atoms with E-state index in [-0.39, 0.29) is 5.91 Å². The third kappa shape index (κ3) is 3.94. The first-order valence-corrected chi connectivity index (χ1v) is 8.53. The molecule has 1 aromatic heterocycles. The molecule has 0 spiro atoms. The second-order valence-corrected chi connectivity index (χ2v) is 6.48. The number of aromatic nitrogens is 2. The van der Waals surface area contributed by atoms with Gasteiger partial charge in [0.05, 0.1) is 17.6 Å². The molecule has 0 radical (unpaired) electrons. The quantitative estimate of drug-likeness (QED) is 0.752. The molecule has 0 saturated heterocycles. The Bertz CT molecular complexity index is 944. The molecule has 0 aliphatic rings. The molecule has 0 aliphatic heterocycles. The summed E-state index contributed by atoms with van der Waals surface area (Å²) in [6, 6.07) is 13.6. The number of aryl methyl sites for hydroxylation is 3. The van der Waals surface area contributed by atoms with E-state index in [2.05, 4.69) is 16.5 Å². The van der Waals surface area contributed by atoms with Crippen LogP contribution in [-0.2, 0) is 13.7 Å². The van der Waals surface area contributed by atoms with Crippen molar-refractivity contribution in [2.75, 3.05) is 5.32 Å². The summed E-state index contributed by atoms with van der Waals surface area (Å²) in [6.45, 7) is 6.39. The van der Waals surface area contributed by atoms with Crippen LogP contribution in [0, 0.1) is 20.8 Å². The number of amides is 1. The van der Waals surface area contributed by atoms with Crippen molar-refractivity contribution in [2.45, 2.75) is 27.4 Å². The lowest BCUT2D eigenvalue weighted by Crippen LogP contribution is -2.13. The van der Waals surface area contributed by atoms with E-state index in [1.165, 1.54) is 0 Å². The van der Waals surface area contributed by atoms with Crippen molar-refractivity contribution in [3.8, 4) is 5.75 Å². The summed E-state index contributed by atoms with van der Waals surface area (Å²) in [5.41, 5.74) is 5.42. The number of nitrogens with one attached hydrogen (secondary N) is 1. The summed E-state index contributed by atoms with van der Waals surface area (Å²) in [7, 11) is 1.84. The van der Waals surface area contributed by atoms with E-state index in [1.54, 1.807) is 16.9 Å². The zero-order valence-electron chi connectivity index (χ0n) is 15.5. The summed E-state index contributed by atoms with van der Waals surface area (Å²) >= 11 is 0. The molecule has 26 heavy (non-hydrogen) atoms. The maximum absolute atomic E-state index is 12.5. The van der Waals surface area contributed by atoms with Crippen LogP contribution in [0.4, 0.5) is 5.69 Å². The Morgan fingerprint density at radius 2 is 1.96 bits per heavy atom. The van der Waals surface area contributed by atoms with Crippen molar-refractivity contribution in [3.63, 3.8) is 0 Å². The van der Waals surface area contributed by atoms with Crippen LogP contribution in [-0.4, -0.2) is 15.7 Å². The molecule has 1 N–H and O–H groups in total. The predicted octanol–water partition coefficient (Wildman–Crippen LogP) is 4.18. The molecular weight excluding hydrogens is 326 g/mol. The molecule has 0 atom stereocenters. The van der Waals surface area contributed by atoms with Gasteiger partial charge in [0.25, 0.3) is 5.91 Å². The Kier molecular flexibility index (Phi) is 5.07. The first-order valence-electron chi connectivity index (χ1n) is 8.53. The van der Waals surface area contributed by atoms with Crippen LogP contribution < -0.4 is 10.1 Å². The van der Waals surface area contributed by atoms with E-state index in [9.17, 15) is 4.79 Å². The number of carbonyl (C=O) groups excluding carboxylic acids is 1. The topological polar surface area (TPSA) is 56.1 Å². The lowest BCUT2D eigenvalue weighted by atomic mass is 10.1. The van der Waals surface area contributed by atoms with Crippen LogP contribution in [0.15, 0.2) is 48.7 Å². The fraction of sp³-hybridized carbons (Fsp3) is 0.238. The summed E-state index contributed by atoms with van der Waals surface area (Å²) in [5, 5.41) is 7.04. The van der Waals surface area contributed by atoms with E-state index in [0.717, 1.165) is 33.8 Å². The van der Waals surface area contributed by atoms with Gasteiger partial charge in [0.15, 0.2) is 0 Å². The highest BCUT2D eigenvalue weighted by atomic mass is 16.5. The molecule has 0 bridgehead atoms. The minimum absolute atomic E-state index is 0.158. The molecule has 5 nitrogen and oxygen atoms in total. The Labute approximate surface area is 153 Å². The second kappa shape index (κ2) is 7.44. The predicted molar refractivity (Wildman–Crippen MR) is 103 cm³/mol. The van der Waals surface area contributed by atoms with Gasteiger partial charge < -0.3 is 10.1 Å². The van der Waals surface area contributed by atoms with E-state index in [0.29, 0.717) is 12.2 Å². The molecule has 3 rings (SSSR count). The lowest BCUT2D eigenvalue weighted by Gasteiger charge is -2.11. The van der Waals surface area contributed by atoms with Gasteiger partial charge >= 0.3 is 0 Å². The SMILES string of the molecule is Cc1ccc(C)c(OCc2cccc(C(=O)Nc3cnn(C)c3C)c2)c1. The maximum atomic E-state index is 12.5. The average Bonchev–Trinajstić information content (AvgIpc) is 2.95. The van der Waals surface area contributed by atoms with Crippen LogP contribution in [0.2, 0.25) is 0 Å². The molecule has 1 amide bonds. The first kappa shape index (κ1) is 17.7. The number of hydrogen-bond donors (Lipinski definition) is 1. The van der Waals surface area contributed by atoms with Gasteiger partial charge in [0, 0.05) is 12.6 Å². The van der Waals surface area contributed by atoms with Crippen LogP contribution in [0.1, 0.15) is 32.7 Å². The van der Waals surface area contributed by atoms with Gasteiger partial charge in [-0.15, -0.1) is 0 Å². The number of hydrogen-bond acceptors (Lipinski definition) is 3. The van der Waals surface area contributed by atoms with Gasteiger partial charge in [-0.3, -0.25) is 9.48 Å². The smallest absolute Gasteiger partial charge is 0.255 e. The standard InChI is InChI=1S/C21H23N3O2/c1-14-8-9-15(2)20(10-14)26-13-17-6-5-7-18(11-17)21(25)23-19-12-22-24(4)16(19)3/h5-12H,13H2,1-4H3,(H,23,25).